The van der Waals surface area contributed by atoms with Crippen LogP contribution in [0.2, 0.25) is 0 Å². The van der Waals surface area contributed by atoms with Crippen LogP contribution in [0.5, 0.6) is 0 Å². The van der Waals surface area contributed by atoms with Gasteiger partial charge >= 0.3 is 0 Å². The Bertz CT molecular complexity index is 177. The molecule has 0 unspecified atom stereocenters. The number of rotatable bonds is 0. The standard InChI is InChI=1S/C11H19N.C2H6/c1-9(2)3-4-10-5-7-11(12)8-6-10;1-2/h9-11H,5-8,12H2,1-2H3;1-2H3. The van der Waals surface area contributed by atoms with E-state index in [4.69, 9.17) is 5.73 Å². The highest BCUT2D eigenvalue weighted by Gasteiger charge is 2.16. The maximum atomic E-state index is 5.80. The molecule has 0 aromatic rings. The zero-order valence-corrected chi connectivity index (χ0v) is 10.1. The lowest BCUT2D eigenvalue weighted by atomic mass is 9.87. The molecule has 0 amide bonds. The Hall–Kier alpha value is -0.480. The average Bonchev–Trinajstić information content (AvgIpc) is 2.20. The molecule has 0 aliphatic heterocycles. The lowest BCUT2D eigenvalue weighted by molar-refractivity contribution is 0.384. The molecule has 1 saturated carbocycles. The fourth-order valence-electron chi connectivity index (χ4n) is 1.55. The summed E-state index contributed by atoms with van der Waals surface area (Å²) in [4.78, 5) is 0. The second kappa shape index (κ2) is 7.88. The van der Waals surface area contributed by atoms with E-state index in [0.717, 1.165) is 12.8 Å². The van der Waals surface area contributed by atoms with Crippen molar-refractivity contribution in [3.05, 3.63) is 0 Å². The lowest BCUT2D eigenvalue weighted by Crippen LogP contribution is -2.25. The zero-order valence-electron chi connectivity index (χ0n) is 10.1. The van der Waals surface area contributed by atoms with E-state index in [-0.39, 0.29) is 0 Å². The predicted molar refractivity (Wildman–Crippen MR) is 63.9 cm³/mol. The van der Waals surface area contributed by atoms with Crippen LogP contribution in [0, 0.1) is 23.7 Å². The van der Waals surface area contributed by atoms with E-state index >= 15 is 0 Å². The second-order valence-corrected chi connectivity index (χ2v) is 4.06. The molecule has 0 radical (unpaired) electrons. The summed E-state index contributed by atoms with van der Waals surface area (Å²) in [6.45, 7) is 8.28. The minimum atomic E-state index is 0.446. The van der Waals surface area contributed by atoms with Crippen LogP contribution in [0.25, 0.3) is 0 Å². The summed E-state index contributed by atoms with van der Waals surface area (Å²) in [7, 11) is 0. The van der Waals surface area contributed by atoms with Crippen LogP contribution >= 0.6 is 0 Å². The molecule has 0 aromatic heterocycles. The van der Waals surface area contributed by atoms with Crippen molar-refractivity contribution in [2.24, 2.45) is 17.6 Å². The van der Waals surface area contributed by atoms with Gasteiger partial charge in [-0.3, -0.25) is 0 Å². The van der Waals surface area contributed by atoms with E-state index in [1.807, 2.05) is 13.8 Å². The van der Waals surface area contributed by atoms with Gasteiger partial charge in [-0.15, -0.1) is 5.92 Å². The Kier molecular flexibility index (Phi) is 7.61. The summed E-state index contributed by atoms with van der Waals surface area (Å²) in [5.41, 5.74) is 5.80. The van der Waals surface area contributed by atoms with Crippen molar-refractivity contribution in [2.75, 3.05) is 0 Å². The van der Waals surface area contributed by atoms with Crippen LogP contribution in [0.3, 0.4) is 0 Å². The smallest absolute Gasteiger partial charge is 0.0204 e. The predicted octanol–water partition coefficient (Wildman–Crippen LogP) is 3.19. The van der Waals surface area contributed by atoms with Gasteiger partial charge in [0.25, 0.3) is 0 Å². The molecule has 1 heteroatoms. The minimum Gasteiger partial charge on any atom is -0.328 e. The van der Waals surface area contributed by atoms with Crippen molar-refractivity contribution in [1.82, 2.24) is 0 Å². The van der Waals surface area contributed by atoms with E-state index in [2.05, 4.69) is 25.7 Å². The zero-order chi connectivity index (χ0) is 11.0. The first-order chi connectivity index (χ1) is 6.68. The first-order valence-electron chi connectivity index (χ1n) is 5.95. The molecule has 2 N–H and O–H groups in total. The molecule has 0 saturated heterocycles. The molecule has 1 fully saturated rings. The molecule has 0 aromatic carbocycles. The van der Waals surface area contributed by atoms with E-state index in [0.29, 0.717) is 17.9 Å². The van der Waals surface area contributed by atoms with Gasteiger partial charge in [0.05, 0.1) is 0 Å². The van der Waals surface area contributed by atoms with Gasteiger partial charge in [0.2, 0.25) is 0 Å². The Morgan fingerprint density at radius 2 is 1.57 bits per heavy atom. The van der Waals surface area contributed by atoms with E-state index in [1.165, 1.54) is 12.8 Å². The van der Waals surface area contributed by atoms with Crippen LogP contribution in [-0.2, 0) is 0 Å². The number of nitrogens with two attached hydrogens (primary N) is 1. The Labute approximate surface area is 89.5 Å². The third kappa shape index (κ3) is 6.05. The molecule has 82 valence electrons. The number of hydrogen-bond donors (Lipinski definition) is 1. The topological polar surface area (TPSA) is 26.0 Å². The van der Waals surface area contributed by atoms with E-state index < -0.39 is 0 Å². The number of hydrogen-bond acceptors (Lipinski definition) is 1. The first-order valence-corrected chi connectivity index (χ1v) is 5.95. The van der Waals surface area contributed by atoms with Crippen molar-refractivity contribution in [2.45, 2.75) is 59.4 Å². The summed E-state index contributed by atoms with van der Waals surface area (Å²) in [6.07, 6.45) is 4.75. The van der Waals surface area contributed by atoms with Crippen LogP contribution in [0.1, 0.15) is 53.4 Å². The summed E-state index contributed by atoms with van der Waals surface area (Å²) >= 11 is 0. The molecule has 1 nitrogen and oxygen atoms in total. The van der Waals surface area contributed by atoms with E-state index in [9.17, 15) is 0 Å². The van der Waals surface area contributed by atoms with Crippen LogP contribution in [-0.4, -0.2) is 6.04 Å². The fourth-order valence-corrected chi connectivity index (χ4v) is 1.55. The van der Waals surface area contributed by atoms with Crippen molar-refractivity contribution in [1.29, 1.82) is 0 Å². The van der Waals surface area contributed by atoms with Gasteiger partial charge in [0.15, 0.2) is 0 Å². The fraction of sp³-hybridized carbons (Fsp3) is 0.846. The largest absolute Gasteiger partial charge is 0.328 e. The Morgan fingerprint density at radius 3 is 2.00 bits per heavy atom. The normalized spacial score (nSPS) is 25.9. The molecule has 1 aliphatic carbocycles. The Balaban J connectivity index is 0.000000791. The highest BCUT2D eigenvalue weighted by atomic mass is 14.6. The summed E-state index contributed by atoms with van der Waals surface area (Å²) in [5, 5.41) is 0. The van der Waals surface area contributed by atoms with Gasteiger partial charge in [-0.2, -0.15) is 0 Å². The monoisotopic (exact) mass is 195 g/mol. The summed E-state index contributed by atoms with van der Waals surface area (Å²) < 4.78 is 0. The van der Waals surface area contributed by atoms with Crippen LogP contribution in [0.4, 0.5) is 0 Å². The second-order valence-electron chi connectivity index (χ2n) is 4.06. The van der Waals surface area contributed by atoms with Crippen molar-refractivity contribution in [3.63, 3.8) is 0 Å². The van der Waals surface area contributed by atoms with Gasteiger partial charge in [-0.1, -0.05) is 33.6 Å². The molecule has 1 aliphatic rings. The van der Waals surface area contributed by atoms with Gasteiger partial charge < -0.3 is 5.73 Å². The molecular formula is C13H25N. The average molecular weight is 195 g/mol. The van der Waals surface area contributed by atoms with Crippen LogP contribution < -0.4 is 5.73 Å². The molecule has 1 rings (SSSR count). The Morgan fingerprint density at radius 1 is 1.07 bits per heavy atom. The third-order valence-corrected chi connectivity index (χ3v) is 2.35. The van der Waals surface area contributed by atoms with Gasteiger partial charge in [0.1, 0.15) is 0 Å². The van der Waals surface area contributed by atoms with Crippen molar-refractivity contribution < 1.29 is 0 Å². The summed E-state index contributed by atoms with van der Waals surface area (Å²) in [6, 6.07) is 0.446. The third-order valence-electron chi connectivity index (χ3n) is 2.35. The molecule has 14 heavy (non-hydrogen) atoms. The van der Waals surface area contributed by atoms with E-state index in [1.54, 1.807) is 0 Å². The summed E-state index contributed by atoms with van der Waals surface area (Å²) in [5.74, 6) is 7.72. The lowest BCUT2D eigenvalue weighted by Gasteiger charge is -2.22. The quantitative estimate of drug-likeness (QED) is 0.590. The SMILES string of the molecule is CC.CC(C)C#CC1CCC(N)CC1. The molecule has 0 heterocycles. The van der Waals surface area contributed by atoms with Crippen LogP contribution in [0.15, 0.2) is 0 Å². The van der Waals surface area contributed by atoms with Crippen molar-refractivity contribution in [3.8, 4) is 11.8 Å². The molecule has 0 bridgehead atoms. The maximum absolute atomic E-state index is 5.80. The molecular weight excluding hydrogens is 170 g/mol. The molecule has 0 spiro atoms. The van der Waals surface area contributed by atoms with Gasteiger partial charge in [-0.25, -0.2) is 0 Å². The molecule has 0 atom stereocenters. The highest BCUT2D eigenvalue weighted by molar-refractivity contribution is 5.06. The minimum absolute atomic E-state index is 0.446. The highest BCUT2D eigenvalue weighted by Crippen LogP contribution is 2.22. The maximum Gasteiger partial charge on any atom is 0.0204 e. The van der Waals surface area contributed by atoms with Gasteiger partial charge in [-0.05, 0) is 25.7 Å². The first kappa shape index (κ1) is 13.5. The van der Waals surface area contributed by atoms with Gasteiger partial charge in [0, 0.05) is 17.9 Å². The van der Waals surface area contributed by atoms with Crippen molar-refractivity contribution >= 4 is 0 Å².